The predicted molar refractivity (Wildman–Crippen MR) is 248 cm³/mol. The van der Waals surface area contributed by atoms with Crippen LogP contribution < -0.4 is 0 Å². The van der Waals surface area contributed by atoms with Crippen LogP contribution in [-0.4, -0.2) is 119 Å². The summed E-state index contributed by atoms with van der Waals surface area (Å²) in [5.74, 6) is -6.39. The van der Waals surface area contributed by atoms with Crippen LogP contribution in [0.5, 0.6) is 0 Å². The molecular weight excluding hydrogens is 829 g/mol. The van der Waals surface area contributed by atoms with Gasteiger partial charge in [-0.15, -0.1) is 0 Å². The second-order valence-corrected chi connectivity index (χ2v) is 20.1. The molecular formula is C52H76N2O11. The second kappa shape index (κ2) is 21.9. The minimum atomic E-state index is -2.48. The maximum absolute atomic E-state index is 14.5. The van der Waals surface area contributed by atoms with E-state index < -0.39 is 71.5 Å². The Morgan fingerprint density at radius 2 is 1.69 bits per heavy atom. The third kappa shape index (κ3) is 11.5. The van der Waals surface area contributed by atoms with Crippen LogP contribution in [0.2, 0.25) is 0 Å². The van der Waals surface area contributed by atoms with E-state index in [0.717, 1.165) is 27.6 Å². The molecule has 3 aliphatic heterocycles. The van der Waals surface area contributed by atoms with Crippen LogP contribution in [0.1, 0.15) is 124 Å². The number of piperidine rings is 1. The van der Waals surface area contributed by atoms with Gasteiger partial charge in [-0.3, -0.25) is 14.4 Å². The summed E-state index contributed by atoms with van der Waals surface area (Å²) in [4.78, 5) is 61.7. The molecule has 2 bridgehead atoms. The minimum absolute atomic E-state index is 0.00729. The summed E-state index contributed by atoms with van der Waals surface area (Å²) in [7, 11) is 4.74. The molecule has 1 saturated carbocycles. The molecule has 0 spiro atoms. The number of cyclic esters (lactones) is 1. The quantitative estimate of drug-likeness (QED) is 0.135. The SMILES string of the molecule is CCC1/C=C(\C)CC(C)CC(OC)C2OC(O)(C(=O)C(=O)N3CCCCC3C(=O)OC(C(C)=CC3CCC(O)(Cc4ccc5[nH]ccc5c4)C(OC)C3)C(C)CCC1=O)C(C)CC2OC. The second-order valence-electron chi connectivity index (χ2n) is 20.1. The van der Waals surface area contributed by atoms with Gasteiger partial charge in [0.05, 0.1) is 23.9 Å². The van der Waals surface area contributed by atoms with E-state index in [-0.39, 0.29) is 48.8 Å². The lowest BCUT2D eigenvalue weighted by Gasteiger charge is -2.47. The van der Waals surface area contributed by atoms with Crippen molar-refractivity contribution in [2.45, 2.75) is 173 Å². The van der Waals surface area contributed by atoms with Crippen molar-refractivity contribution < 1.29 is 53.1 Å². The number of aliphatic hydroxyl groups is 2. The molecule has 4 aliphatic rings. The number of fused-ring (bicyclic) bond motifs is 4. The number of aromatic nitrogens is 1. The number of H-pyrrole nitrogens is 1. The monoisotopic (exact) mass is 905 g/mol. The van der Waals surface area contributed by atoms with Gasteiger partial charge in [-0.25, -0.2) is 4.79 Å². The van der Waals surface area contributed by atoms with E-state index in [1.807, 2.05) is 52.1 Å². The van der Waals surface area contributed by atoms with E-state index in [2.05, 4.69) is 30.1 Å². The van der Waals surface area contributed by atoms with Crippen molar-refractivity contribution in [3.8, 4) is 0 Å². The van der Waals surface area contributed by atoms with Gasteiger partial charge < -0.3 is 43.8 Å². The van der Waals surface area contributed by atoms with Crippen LogP contribution in [0.15, 0.2) is 53.8 Å². The van der Waals surface area contributed by atoms with Crippen molar-refractivity contribution in [3.63, 3.8) is 0 Å². The Hall–Kier alpha value is -3.72. The Balaban J connectivity index is 1.29. The number of ketones is 2. The summed E-state index contributed by atoms with van der Waals surface area (Å²) >= 11 is 0. The van der Waals surface area contributed by atoms with E-state index in [0.29, 0.717) is 70.6 Å². The minimum Gasteiger partial charge on any atom is -0.456 e. The highest BCUT2D eigenvalue weighted by Gasteiger charge is 2.56. The van der Waals surface area contributed by atoms with Crippen LogP contribution >= 0.6 is 0 Å². The van der Waals surface area contributed by atoms with Crippen molar-refractivity contribution in [2.24, 2.45) is 29.6 Å². The number of hydrogen-bond donors (Lipinski definition) is 3. The highest BCUT2D eigenvalue weighted by molar-refractivity contribution is 6.39. The van der Waals surface area contributed by atoms with Crippen LogP contribution in [0.25, 0.3) is 10.9 Å². The third-order valence-electron chi connectivity index (χ3n) is 15.1. The van der Waals surface area contributed by atoms with Crippen LogP contribution in [0, 0.1) is 29.6 Å². The van der Waals surface area contributed by atoms with Crippen molar-refractivity contribution >= 4 is 34.3 Å². The number of carbonyl (C=O) groups is 4. The number of Topliss-reactive ketones (excluding diaryl/α,β-unsaturated/α-hetero) is 2. The average molecular weight is 905 g/mol. The van der Waals surface area contributed by atoms with E-state index in [9.17, 15) is 29.4 Å². The number of nitrogens with zero attached hydrogens (tertiary/aromatic N) is 1. The van der Waals surface area contributed by atoms with Gasteiger partial charge in [-0.05, 0) is 137 Å². The molecule has 2 aromatic rings. The Kier molecular flexibility index (Phi) is 17.1. The van der Waals surface area contributed by atoms with Gasteiger partial charge in [0.15, 0.2) is 0 Å². The van der Waals surface area contributed by atoms with Crippen molar-refractivity contribution in [3.05, 3.63) is 59.3 Å². The number of esters is 1. The highest BCUT2D eigenvalue weighted by Crippen LogP contribution is 2.41. The first-order chi connectivity index (χ1) is 30.9. The van der Waals surface area contributed by atoms with Crippen LogP contribution in [0.4, 0.5) is 0 Å². The normalized spacial score (nSPS) is 37.5. The Bertz CT molecular complexity index is 2040. The number of allylic oxidation sites excluding steroid dienone is 3. The summed E-state index contributed by atoms with van der Waals surface area (Å²) in [5.41, 5.74) is 2.88. The number of benzene rings is 1. The largest absolute Gasteiger partial charge is 0.456 e. The number of rotatable bonds is 8. The third-order valence-corrected chi connectivity index (χ3v) is 15.1. The van der Waals surface area contributed by atoms with Gasteiger partial charge in [0, 0.05) is 64.3 Å². The fourth-order valence-electron chi connectivity index (χ4n) is 11.3. The fraction of sp³-hybridized carbons (Fsp3) is 0.692. The zero-order valence-electron chi connectivity index (χ0n) is 40.3. The first kappa shape index (κ1) is 50.7. The van der Waals surface area contributed by atoms with Gasteiger partial charge in [0.2, 0.25) is 5.79 Å². The van der Waals surface area contributed by atoms with E-state index in [1.54, 1.807) is 28.3 Å². The Morgan fingerprint density at radius 1 is 0.954 bits per heavy atom. The first-order valence-corrected chi connectivity index (χ1v) is 24.2. The maximum Gasteiger partial charge on any atom is 0.329 e. The molecule has 1 amide bonds. The lowest BCUT2D eigenvalue weighted by Crippen LogP contribution is -2.64. The first-order valence-electron chi connectivity index (χ1n) is 24.2. The molecule has 13 atom stereocenters. The number of ether oxygens (including phenoxy) is 5. The Labute approximate surface area is 386 Å². The molecule has 360 valence electrons. The predicted octanol–water partition coefficient (Wildman–Crippen LogP) is 7.60. The average Bonchev–Trinajstić information content (AvgIpc) is 3.76. The lowest BCUT2D eigenvalue weighted by atomic mass is 9.73. The molecule has 65 heavy (non-hydrogen) atoms. The number of nitrogens with one attached hydrogen (secondary N) is 1. The summed E-state index contributed by atoms with van der Waals surface area (Å²) in [6.07, 6.45) is 9.45. The molecule has 2 saturated heterocycles. The zero-order chi connectivity index (χ0) is 47.2. The van der Waals surface area contributed by atoms with Crippen molar-refractivity contribution in [1.29, 1.82) is 0 Å². The summed E-state index contributed by atoms with van der Waals surface area (Å²) in [6, 6.07) is 7.12. The fourth-order valence-corrected chi connectivity index (χ4v) is 11.3. The molecule has 1 aromatic heterocycles. The van der Waals surface area contributed by atoms with Gasteiger partial charge in [0.1, 0.15) is 24.0 Å². The summed E-state index contributed by atoms with van der Waals surface area (Å²) in [5, 5.41) is 25.3. The molecule has 13 unspecified atom stereocenters. The molecule has 1 aliphatic carbocycles. The van der Waals surface area contributed by atoms with Crippen molar-refractivity contribution in [2.75, 3.05) is 27.9 Å². The molecule has 1 aromatic carbocycles. The van der Waals surface area contributed by atoms with Crippen LogP contribution in [0.3, 0.4) is 0 Å². The van der Waals surface area contributed by atoms with Crippen molar-refractivity contribution in [1.82, 2.24) is 9.88 Å². The summed E-state index contributed by atoms with van der Waals surface area (Å²) < 4.78 is 30.6. The van der Waals surface area contributed by atoms with Gasteiger partial charge in [-0.2, -0.15) is 0 Å². The standard InChI is InChI=1S/C52H76N2O11/c1-10-38-24-31(2)23-32(3)25-43(61-7)47-44(62-8)27-35(6)52(60,65-47)48(56)49(57)54-22-12-11-13-41(54)50(58)64-46(33(4)14-17-42(38)55)34(5)26-36-18-20-51(59,45(29-36)63-9)30-37-15-16-40-39(28-37)19-21-53-40/h15-16,19,21,24,26,28,32-33,35-36,38,41,43-47,53,59-60H,10-14,17-18,20,22-23,25,27,29-30H2,1-9H3/b31-24+,34-26?. The highest BCUT2D eigenvalue weighted by atomic mass is 16.7. The molecule has 13 heteroatoms. The van der Waals surface area contributed by atoms with Gasteiger partial charge in [-0.1, -0.05) is 51.5 Å². The molecule has 3 fully saturated rings. The topological polar surface area (TPSA) is 174 Å². The zero-order valence-corrected chi connectivity index (χ0v) is 40.3. The maximum atomic E-state index is 14.5. The number of aromatic amines is 1. The molecule has 4 heterocycles. The smallest absolute Gasteiger partial charge is 0.329 e. The van der Waals surface area contributed by atoms with Gasteiger partial charge in [0.25, 0.3) is 11.7 Å². The Morgan fingerprint density at radius 3 is 2.40 bits per heavy atom. The molecule has 6 rings (SSSR count). The number of hydrogen-bond acceptors (Lipinski definition) is 11. The van der Waals surface area contributed by atoms with E-state index in [1.165, 1.54) is 4.90 Å². The number of methoxy groups -OCH3 is 3. The van der Waals surface area contributed by atoms with E-state index in [4.69, 9.17) is 23.7 Å². The molecule has 3 N–H and O–H groups in total. The van der Waals surface area contributed by atoms with E-state index >= 15 is 0 Å². The molecule has 13 nitrogen and oxygen atoms in total. The number of carbonyl (C=O) groups excluding carboxylic acids is 4. The van der Waals surface area contributed by atoms with Crippen LogP contribution in [-0.2, 0) is 49.3 Å². The lowest BCUT2D eigenvalue weighted by molar-refractivity contribution is -0.302. The van der Waals surface area contributed by atoms with Gasteiger partial charge >= 0.3 is 5.97 Å². The molecule has 0 radical (unpaired) electrons. The summed E-state index contributed by atoms with van der Waals surface area (Å²) in [6.45, 7) is 11.9. The number of amides is 1.